The summed E-state index contributed by atoms with van der Waals surface area (Å²) in [5.74, 6) is 2.48. The summed E-state index contributed by atoms with van der Waals surface area (Å²) in [7, 11) is 0. The number of nitrogens with two attached hydrogens (primary N) is 2. The van der Waals surface area contributed by atoms with Gasteiger partial charge in [0.2, 0.25) is 0 Å². The van der Waals surface area contributed by atoms with Crippen molar-refractivity contribution in [1.29, 1.82) is 0 Å². The molecule has 2 saturated carbocycles. The minimum absolute atomic E-state index is 0. The van der Waals surface area contributed by atoms with Gasteiger partial charge in [0.25, 0.3) is 0 Å². The largest absolute Gasteiger partial charge is 0.327 e. The molecule has 0 spiro atoms. The lowest BCUT2D eigenvalue weighted by atomic mass is 10.2. The second kappa shape index (κ2) is 13.8. The Morgan fingerprint density at radius 1 is 0.767 bits per heavy atom. The average molecular weight is 504 g/mol. The van der Waals surface area contributed by atoms with E-state index < -0.39 is 0 Å². The predicted octanol–water partition coefficient (Wildman–Crippen LogP) is 4.39. The molecule has 0 aromatic carbocycles. The molecule has 2 heterocycles. The van der Waals surface area contributed by atoms with Crippen LogP contribution >= 0.6 is 49.6 Å². The number of aromatic nitrogens is 4. The number of hydrogen-bond acceptors (Lipinski definition) is 4. The van der Waals surface area contributed by atoms with Crippen molar-refractivity contribution in [2.24, 2.45) is 23.3 Å². The van der Waals surface area contributed by atoms with Crippen LogP contribution in [0, 0.1) is 11.8 Å². The van der Waals surface area contributed by atoms with Crippen molar-refractivity contribution in [1.82, 2.24) is 19.6 Å². The number of nitrogens with zero attached hydrogens (tertiary/aromatic N) is 4. The van der Waals surface area contributed by atoms with E-state index in [-0.39, 0.29) is 49.6 Å². The summed E-state index contributed by atoms with van der Waals surface area (Å²) in [6.07, 6.45) is 10.5. The highest BCUT2D eigenvalue weighted by Crippen LogP contribution is 2.39. The molecule has 2 fully saturated rings. The van der Waals surface area contributed by atoms with Gasteiger partial charge in [-0.25, -0.2) is 0 Å². The van der Waals surface area contributed by atoms with E-state index in [0.717, 1.165) is 25.9 Å². The zero-order chi connectivity index (χ0) is 18.8. The smallest absolute Gasteiger partial charge is 0.0525 e. The Morgan fingerprint density at radius 3 is 1.30 bits per heavy atom. The summed E-state index contributed by atoms with van der Waals surface area (Å²) in [5, 5.41) is 8.63. The molecule has 4 rings (SSSR count). The van der Waals surface area contributed by atoms with Gasteiger partial charge < -0.3 is 11.5 Å². The number of halogens is 4. The van der Waals surface area contributed by atoms with Crippen LogP contribution in [0.5, 0.6) is 0 Å². The third-order valence-electron chi connectivity index (χ3n) is 4.95. The van der Waals surface area contributed by atoms with Crippen LogP contribution in [-0.4, -0.2) is 31.6 Å². The maximum Gasteiger partial charge on any atom is 0.0525 e. The Hall–Kier alpha value is -0.500. The summed E-state index contributed by atoms with van der Waals surface area (Å²) in [5.41, 5.74) is 14.2. The van der Waals surface area contributed by atoms with Gasteiger partial charge in [-0.3, -0.25) is 9.36 Å². The fourth-order valence-corrected chi connectivity index (χ4v) is 3.29. The Kier molecular flexibility index (Phi) is 14.6. The second-order valence-electron chi connectivity index (χ2n) is 8.79. The molecule has 2 aliphatic rings. The minimum Gasteiger partial charge on any atom is -0.327 e. The van der Waals surface area contributed by atoms with Crippen LogP contribution in [0.15, 0.2) is 24.8 Å². The van der Waals surface area contributed by atoms with Crippen molar-refractivity contribution in [3.8, 4) is 0 Å². The summed E-state index contributed by atoms with van der Waals surface area (Å²) in [4.78, 5) is 0. The van der Waals surface area contributed by atoms with E-state index in [4.69, 9.17) is 11.5 Å². The van der Waals surface area contributed by atoms with E-state index in [1.54, 1.807) is 0 Å². The van der Waals surface area contributed by atoms with Gasteiger partial charge in [-0.2, -0.15) is 10.2 Å². The van der Waals surface area contributed by atoms with E-state index in [0.29, 0.717) is 35.8 Å². The van der Waals surface area contributed by atoms with Gasteiger partial charge >= 0.3 is 0 Å². The molecule has 176 valence electrons. The first-order chi connectivity index (χ1) is 12.3. The number of rotatable bonds is 6. The topological polar surface area (TPSA) is 87.7 Å². The highest BCUT2D eigenvalue weighted by atomic mass is 35.5. The highest BCUT2D eigenvalue weighted by Gasteiger charge is 2.36. The maximum absolute atomic E-state index is 5.77. The summed E-state index contributed by atoms with van der Waals surface area (Å²) in [6, 6.07) is 0.772. The van der Waals surface area contributed by atoms with Gasteiger partial charge in [0.05, 0.1) is 12.4 Å². The van der Waals surface area contributed by atoms with Gasteiger partial charge in [0, 0.05) is 49.4 Å². The highest BCUT2D eigenvalue weighted by molar-refractivity contribution is 5.86. The van der Waals surface area contributed by atoms with Gasteiger partial charge in [-0.05, 0) is 35.8 Å². The summed E-state index contributed by atoms with van der Waals surface area (Å²) < 4.78 is 4.04. The average Bonchev–Trinajstić information content (AvgIpc) is 3.32. The van der Waals surface area contributed by atoms with E-state index in [1.165, 1.54) is 11.1 Å². The molecular formula is C20H38Cl4N6. The molecule has 0 bridgehead atoms. The normalized spacial score (nSPS) is 23.2. The molecule has 0 amide bonds. The molecule has 0 aliphatic heterocycles. The molecule has 0 saturated heterocycles. The number of hydrogen-bond donors (Lipinski definition) is 2. The molecule has 2 aliphatic carbocycles. The van der Waals surface area contributed by atoms with Crippen molar-refractivity contribution < 1.29 is 0 Å². The zero-order valence-corrected chi connectivity index (χ0v) is 21.4. The maximum atomic E-state index is 5.77. The molecule has 0 radical (unpaired) electrons. The molecule has 4 N–H and O–H groups in total. The lowest BCUT2D eigenvalue weighted by molar-refractivity contribution is 0.483. The zero-order valence-electron chi connectivity index (χ0n) is 18.2. The molecule has 4 atom stereocenters. The lowest BCUT2D eigenvalue weighted by Gasteiger charge is -2.03. The fraction of sp³-hybridized carbons (Fsp3) is 0.700. The van der Waals surface area contributed by atoms with Crippen molar-refractivity contribution in [3.05, 3.63) is 35.9 Å². The molecule has 2 aromatic rings. The van der Waals surface area contributed by atoms with Crippen molar-refractivity contribution in [3.63, 3.8) is 0 Å². The predicted molar refractivity (Wildman–Crippen MR) is 134 cm³/mol. The Balaban J connectivity index is 0. The molecule has 0 unspecified atom stereocenters. The fourth-order valence-electron chi connectivity index (χ4n) is 3.29. The first-order valence-electron chi connectivity index (χ1n) is 9.89. The van der Waals surface area contributed by atoms with E-state index in [9.17, 15) is 0 Å². The van der Waals surface area contributed by atoms with Crippen LogP contribution < -0.4 is 11.5 Å². The van der Waals surface area contributed by atoms with Crippen LogP contribution in [0.4, 0.5) is 0 Å². The summed E-state index contributed by atoms with van der Waals surface area (Å²) in [6.45, 7) is 10.8. The van der Waals surface area contributed by atoms with Crippen LogP contribution in [0.3, 0.4) is 0 Å². The first kappa shape index (κ1) is 31.7. The molecular weight excluding hydrogens is 466 g/mol. The molecule has 2 aromatic heterocycles. The quantitative estimate of drug-likeness (QED) is 0.611. The van der Waals surface area contributed by atoms with Crippen molar-refractivity contribution >= 4 is 49.6 Å². The van der Waals surface area contributed by atoms with Gasteiger partial charge in [0.15, 0.2) is 0 Å². The first-order valence-corrected chi connectivity index (χ1v) is 9.89. The van der Waals surface area contributed by atoms with Gasteiger partial charge in [0.1, 0.15) is 0 Å². The van der Waals surface area contributed by atoms with Crippen LogP contribution in [0.25, 0.3) is 0 Å². The van der Waals surface area contributed by atoms with Gasteiger partial charge in [-0.15, -0.1) is 49.6 Å². The van der Waals surface area contributed by atoms with Crippen LogP contribution in [-0.2, 0) is 13.1 Å². The van der Waals surface area contributed by atoms with Crippen molar-refractivity contribution in [2.75, 3.05) is 0 Å². The molecule has 10 heteroatoms. The Labute approximate surface area is 205 Å². The molecule has 6 nitrogen and oxygen atoms in total. The van der Waals surface area contributed by atoms with Gasteiger partial charge in [-0.1, -0.05) is 27.7 Å². The van der Waals surface area contributed by atoms with E-state index in [1.807, 2.05) is 21.8 Å². The van der Waals surface area contributed by atoms with Crippen molar-refractivity contribution in [2.45, 2.75) is 77.5 Å². The third kappa shape index (κ3) is 9.33. The SMILES string of the molecule is CC(C)Cn1cc([C@@H]2C[C@H]2N)cn1.CC(C)Cn1cc([C@H]2C[C@@H]2N)cn1.Cl.Cl.Cl.Cl. The lowest BCUT2D eigenvalue weighted by Crippen LogP contribution is -2.04. The standard InChI is InChI=1S/2C10H17N3.4ClH/c2*1-7(2)5-13-6-8(4-12-13)9-3-10(9)11;;;;/h2*4,6-7,9-10H,3,5,11H2,1-2H3;4*1H/t2*9-,10+;;;;/m10..../s1. The molecule has 30 heavy (non-hydrogen) atoms. The minimum atomic E-state index is 0. The Bertz CT molecular complexity index is 657. The van der Waals surface area contributed by atoms with E-state index in [2.05, 4.69) is 50.3 Å². The monoisotopic (exact) mass is 502 g/mol. The van der Waals surface area contributed by atoms with Crippen LogP contribution in [0.2, 0.25) is 0 Å². The van der Waals surface area contributed by atoms with Crippen LogP contribution in [0.1, 0.15) is 63.5 Å². The summed E-state index contributed by atoms with van der Waals surface area (Å²) >= 11 is 0. The Morgan fingerprint density at radius 2 is 1.07 bits per heavy atom. The second-order valence-corrected chi connectivity index (χ2v) is 8.79. The third-order valence-corrected chi connectivity index (χ3v) is 4.95. The van der Waals surface area contributed by atoms with E-state index >= 15 is 0 Å².